The number of aromatic amines is 1. The Balaban J connectivity index is 1.69. The molecule has 7 heteroatoms. The third-order valence-electron chi connectivity index (χ3n) is 5.54. The molecule has 0 amide bonds. The number of hydrogen-bond donors (Lipinski definition) is 1. The molecule has 1 aliphatic carbocycles. The number of fused-ring (bicyclic) bond motifs is 1. The van der Waals surface area contributed by atoms with Gasteiger partial charge in [-0.2, -0.15) is 0 Å². The van der Waals surface area contributed by atoms with E-state index in [0.29, 0.717) is 34.1 Å². The maximum Gasteiger partial charge on any atom is 0.330 e. The van der Waals surface area contributed by atoms with Crippen LogP contribution in [0.5, 0.6) is 0 Å². The average molecular weight is 445 g/mol. The van der Waals surface area contributed by atoms with E-state index in [0.717, 1.165) is 24.0 Å². The predicted molar refractivity (Wildman–Crippen MR) is 119 cm³/mol. The number of hydrogen-bond acceptors (Lipinski definition) is 3. The van der Waals surface area contributed by atoms with E-state index in [1.165, 1.54) is 10.1 Å². The molecule has 1 heterocycles. The number of aromatic nitrogens is 2. The van der Waals surface area contributed by atoms with E-state index in [-0.39, 0.29) is 18.4 Å². The molecule has 1 aliphatic rings. The highest BCUT2D eigenvalue weighted by Gasteiger charge is 2.23. The molecule has 1 N–H and O–H groups in total. The summed E-state index contributed by atoms with van der Waals surface area (Å²) in [7, 11) is 0. The Kier molecular flexibility index (Phi) is 6.14. The summed E-state index contributed by atoms with van der Waals surface area (Å²) in [6.07, 6.45) is 2.60. The molecule has 2 aromatic carbocycles. The van der Waals surface area contributed by atoms with Gasteiger partial charge < -0.3 is 4.74 Å². The van der Waals surface area contributed by atoms with Crippen LogP contribution >= 0.6 is 23.2 Å². The van der Waals surface area contributed by atoms with Crippen molar-refractivity contribution in [3.8, 4) is 0 Å². The Hall–Kier alpha value is -2.34. The van der Waals surface area contributed by atoms with Crippen molar-refractivity contribution in [3.05, 3.63) is 101 Å². The standard InChI is InChI=1S/C23H22Cl2N2O3/c1-2-18-20(11-14-9-16(24)12-17(25)10-14)27(23(29)26-22(18)28)13-30-21-8-7-15-5-3-4-6-19(15)21/h3-6,9-10,12,21H,2,7-8,11,13H2,1H3,(H,26,28,29). The number of rotatable bonds is 6. The largest absolute Gasteiger partial charge is 0.353 e. The summed E-state index contributed by atoms with van der Waals surface area (Å²) < 4.78 is 7.66. The van der Waals surface area contributed by atoms with Crippen LogP contribution in [0.4, 0.5) is 0 Å². The highest BCUT2D eigenvalue weighted by Crippen LogP contribution is 2.34. The van der Waals surface area contributed by atoms with Gasteiger partial charge in [0.05, 0.1) is 6.10 Å². The van der Waals surface area contributed by atoms with Crippen LogP contribution < -0.4 is 11.2 Å². The molecular weight excluding hydrogens is 423 g/mol. The Morgan fingerprint density at radius 1 is 1.13 bits per heavy atom. The van der Waals surface area contributed by atoms with Crippen LogP contribution in [0.2, 0.25) is 10.0 Å². The van der Waals surface area contributed by atoms with Gasteiger partial charge >= 0.3 is 5.69 Å². The zero-order valence-corrected chi connectivity index (χ0v) is 18.1. The first-order valence-corrected chi connectivity index (χ1v) is 10.7. The molecule has 30 heavy (non-hydrogen) atoms. The Morgan fingerprint density at radius 2 is 1.87 bits per heavy atom. The summed E-state index contributed by atoms with van der Waals surface area (Å²) in [6, 6.07) is 13.4. The van der Waals surface area contributed by atoms with Crippen LogP contribution in [-0.2, 0) is 30.7 Å². The molecule has 156 valence electrons. The third-order valence-corrected chi connectivity index (χ3v) is 5.98. The molecule has 3 aromatic rings. The summed E-state index contributed by atoms with van der Waals surface area (Å²) in [6.45, 7) is 1.95. The molecule has 0 aliphatic heterocycles. The number of halogens is 2. The number of benzene rings is 2. The van der Waals surface area contributed by atoms with E-state index >= 15 is 0 Å². The number of H-pyrrole nitrogens is 1. The molecule has 1 unspecified atom stereocenters. The van der Waals surface area contributed by atoms with Crippen molar-refractivity contribution < 1.29 is 4.74 Å². The van der Waals surface area contributed by atoms with Crippen molar-refractivity contribution >= 4 is 23.2 Å². The lowest BCUT2D eigenvalue weighted by atomic mass is 10.0. The van der Waals surface area contributed by atoms with E-state index in [9.17, 15) is 9.59 Å². The van der Waals surface area contributed by atoms with Crippen LogP contribution in [0.3, 0.4) is 0 Å². The van der Waals surface area contributed by atoms with Gasteiger partial charge in [0.15, 0.2) is 0 Å². The highest BCUT2D eigenvalue weighted by atomic mass is 35.5. The smallest absolute Gasteiger partial charge is 0.330 e. The number of aryl methyl sites for hydroxylation is 1. The van der Waals surface area contributed by atoms with Gasteiger partial charge in [-0.1, -0.05) is 54.4 Å². The summed E-state index contributed by atoms with van der Waals surface area (Å²) in [5.74, 6) is 0. The maximum atomic E-state index is 12.7. The average Bonchev–Trinajstić information content (AvgIpc) is 3.10. The SMILES string of the molecule is CCc1c(Cc2cc(Cl)cc(Cl)c2)n(COC2CCc3ccccc32)c(=O)[nH]c1=O. The molecule has 1 aromatic heterocycles. The first kappa shape index (κ1) is 20.9. The van der Waals surface area contributed by atoms with E-state index in [1.807, 2.05) is 19.1 Å². The topological polar surface area (TPSA) is 64.1 Å². The molecular formula is C23H22Cl2N2O3. The van der Waals surface area contributed by atoms with Gasteiger partial charge in [-0.25, -0.2) is 4.79 Å². The van der Waals surface area contributed by atoms with Crippen molar-refractivity contribution in [2.24, 2.45) is 0 Å². The van der Waals surface area contributed by atoms with Crippen molar-refractivity contribution in [1.29, 1.82) is 0 Å². The van der Waals surface area contributed by atoms with Gasteiger partial charge in [0, 0.05) is 27.7 Å². The summed E-state index contributed by atoms with van der Waals surface area (Å²) in [5, 5.41) is 1.01. The highest BCUT2D eigenvalue weighted by molar-refractivity contribution is 6.34. The lowest BCUT2D eigenvalue weighted by Crippen LogP contribution is -2.36. The molecule has 5 nitrogen and oxygen atoms in total. The van der Waals surface area contributed by atoms with Crippen molar-refractivity contribution in [3.63, 3.8) is 0 Å². The summed E-state index contributed by atoms with van der Waals surface area (Å²) in [5.41, 5.74) is 3.59. The lowest BCUT2D eigenvalue weighted by Gasteiger charge is -2.19. The van der Waals surface area contributed by atoms with Crippen LogP contribution in [0.25, 0.3) is 0 Å². The summed E-state index contributed by atoms with van der Waals surface area (Å²) in [4.78, 5) is 27.5. The monoisotopic (exact) mass is 444 g/mol. The quantitative estimate of drug-likeness (QED) is 0.601. The molecule has 0 saturated carbocycles. The Morgan fingerprint density at radius 3 is 2.60 bits per heavy atom. The zero-order chi connectivity index (χ0) is 21.3. The fourth-order valence-electron chi connectivity index (χ4n) is 4.12. The van der Waals surface area contributed by atoms with Gasteiger partial charge in [0.1, 0.15) is 6.73 Å². The predicted octanol–water partition coefficient (Wildman–Crippen LogP) is 4.66. The number of nitrogens with one attached hydrogen (secondary N) is 1. The second-order valence-corrected chi connectivity index (χ2v) is 8.32. The van der Waals surface area contributed by atoms with Gasteiger partial charge in [0.25, 0.3) is 5.56 Å². The van der Waals surface area contributed by atoms with Gasteiger partial charge in [-0.05, 0) is 54.2 Å². The van der Waals surface area contributed by atoms with Crippen LogP contribution in [-0.4, -0.2) is 9.55 Å². The van der Waals surface area contributed by atoms with Crippen LogP contribution in [0.1, 0.15) is 47.4 Å². The Labute approximate surface area is 184 Å². The molecule has 0 fully saturated rings. The summed E-state index contributed by atoms with van der Waals surface area (Å²) >= 11 is 12.3. The van der Waals surface area contributed by atoms with Crippen LogP contribution in [0, 0.1) is 0 Å². The minimum atomic E-state index is -0.480. The zero-order valence-electron chi connectivity index (χ0n) is 16.6. The van der Waals surface area contributed by atoms with E-state index < -0.39 is 5.69 Å². The van der Waals surface area contributed by atoms with E-state index in [1.54, 1.807) is 18.2 Å². The minimum Gasteiger partial charge on any atom is -0.353 e. The van der Waals surface area contributed by atoms with Crippen LogP contribution in [0.15, 0.2) is 52.1 Å². The first-order chi connectivity index (χ1) is 14.5. The number of nitrogens with zero attached hydrogens (tertiary/aromatic N) is 1. The molecule has 0 radical (unpaired) electrons. The van der Waals surface area contributed by atoms with E-state index in [2.05, 4.69) is 17.1 Å². The first-order valence-electron chi connectivity index (χ1n) is 9.95. The second-order valence-electron chi connectivity index (χ2n) is 7.44. The van der Waals surface area contributed by atoms with Crippen molar-refractivity contribution in [2.75, 3.05) is 0 Å². The third kappa shape index (κ3) is 4.24. The van der Waals surface area contributed by atoms with Gasteiger partial charge in [-0.3, -0.25) is 14.3 Å². The fraction of sp³-hybridized carbons (Fsp3) is 0.304. The molecule has 0 bridgehead atoms. The van der Waals surface area contributed by atoms with Gasteiger partial charge in [0.2, 0.25) is 0 Å². The maximum absolute atomic E-state index is 12.7. The fourth-order valence-corrected chi connectivity index (χ4v) is 4.69. The molecule has 4 rings (SSSR count). The molecule has 0 saturated heterocycles. The van der Waals surface area contributed by atoms with Crippen molar-refractivity contribution in [1.82, 2.24) is 9.55 Å². The molecule has 0 spiro atoms. The minimum absolute atomic E-state index is 0.0608. The van der Waals surface area contributed by atoms with Crippen molar-refractivity contribution in [2.45, 2.75) is 45.4 Å². The molecule has 1 atom stereocenters. The normalized spacial score (nSPS) is 15.4. The number of ether oxygens (including phenoxy) is 1. The van der Waals surface area contributed by atoms with Gasteiger partial charge in [-0.15, -0.1) is 0 Å². The second kappa shape index (κ2) is 8.80. The Bertz CT molecular complexity index is 1180. The van der Waals surface area contributed by atoms with E-state index in [4.69, 9.17) is 27.9 Å². The lowest BCUT2D eigenvalue weighted by molar-refractivity contribution is 0.00314.